The van der Waals surface area contributed by atoms with Gasteiger partial charge in [-0.3, -0.25) is 4.79 Å². The maximum atomic E-state index is 11.6. The van der Waals surface area contributed by atoms with E-state index in [1.165, 1.54) is 0 Å². The van der Waals surface area contributed by atoms with Crippen LogP contribution in [-0.2, 0) is 19.1 Å². The molecule has 0 aliphatic carbocycles. The topological polar surface area (TPSA) is 84.9 Å². The first kappa shape index (κ1) is 15.7. The summed E-state index contributed by atoms with van der Waals surface area (Å²) in [6.07, 6.45) is -5.75. The van der Waals surface area contributed by atoms with E-state index in [0.29, 0.717) is 0 Å². The van der Waals surface area contributed by atoms with Crippen LogP contribution in [0.2, 0.25) is 0 Å². The average Bonchev–Trinajstić information content (AvgIpc) is 2.16. The number of halogens is 3. The highest BCUT2D eigenvalue weighted by Crippen LogP contribution is 2.13. The van der Waals surface area contributed by atoms with Gasteiger partial charge in [0.2, 0.25) is 5.91 Å². The maximum absolute atomic E-state index is 11.6. The number of carboxylic acids is 1. The molecule has 0 fully saturated rings. The third-order valence-corrected chi connectivity index (χ3v) is 1.54. The van der Waals surface area contributed by atoms with Crippen molar-refractivity contribution in [1.82, 2.24) is 5.32 Å². The first-order valence-electron chi connectivity index (χ1n) is 4.43. The van der Waals surface area contributed by atoms with Gasteiger partial charge < -0.3 is 19.9 Å². The number of hydrogen-bond donors (Lipinski definition) is 2. The Kier molecular flexibility index (Phi) is 6.51. The Morgan fingerprint density at radius 1 is 1.41 bits per heavy atom. The zero-order valence-corrected chi connectivity index (χ0v) is 8.91. The van der Waals surface area contributed by atoms with Crippen molar-refractivity contribution in [3.8, 4) is 0 Å². The second-order valence-electron chi connectivity index (χ2n) is 2.97. The van der Waals surface area contributed by atoms with Crippen molar-refractivity contribution in [2.24, 2.45) is 0 Å². The second kappa shape index (κ2) is 7.07. The molecular formula is C8H12F3NO5. The average molecular weight is 259 g/mol. The molecule has 100 valence electrons. The minimum Gasteiger partial charge on any atom is -0.479 e. The third-order valence-electron chi connectivity index (χ3n) is 1.54. The third kappa shape index (κ3) is 8.46. The van der Waals surface area contributed by atoms with Crippen molar-refractivity contribution < 1.29 is 37.3 Å². The summed E-state index contributed by atoms with van der Waals surface area (Å²) >= 11 is 0. The highest BCUT2D eigenvalue weighted by molar-refractivity contribution is 5.79. The molecule has 0 radical (unpaired) electrons. The predicted molar refractivity (Wildman–Crippen MR) is 48.3 cm³/mol. The number of carbonyl (C=O) groups is 2. The molecule has 0 aliphatic heterocycles. The fourth-order valence-corrected chi connectivity index (χ4v) is 0.788. The molecule has 0 aromatic carbocycles. The quantitative estimate of drug-likeness (QED) is 0.660. The van der Waals surface area contributed by atoms with E-state index in [4.69, 9.17) is 5.11 Å². The van der Waals surface area contributed by atoms with E-state index < -0.39 is 37.4 Å². The molecule has 0 rings (SSSR count). The van der Waals surface area contributed by atoms with Crippen LogP contribution in [0.1, 0.15) is 0 Å². The Labute approximate surface area is 94.7 Å². The van der Waals surface area contributed by atoms with Gasteiger partial charge >= 0.3 is 12.1 Å². The monoisotopic (exact) mass is 259 g/mol. The molecule has 0 saturated carbocycles. The van der Waals surface area contributed by atoms with E-state index >= 15 is 0 Å². The normalized spacial score (nSPS) is 13.2. The molecule has 0 aromatic heterocycles. The van der Waals surface area contributed by atoms with Crippen molar-refractivity contribution in [2.75, 3.05) is 26.9 Å². The minimum atomic E-state index is -4.50. The lowest BCUT2D eigenvalue weighted by Crippen LogP contribution is -2.39. The van der Waals surface area contributed by atoms with Crippen LogP contribution in [0.25, 0.3) is 0 Å². The fourth-order valence-electron chi connectivity index (χ4n) is 0.788. The summed E-state index contributed by atoms with van der Waals surface area (Å²) in [7, 11) is 1.13. The van der Waals surface area contributed by atoms with E-state index in [2.05, 4.69) is 14.8 Å². The maximum Gasteiger partial charge on any atom is 0.411 e. The molecule has 17 heavy (non-hydrogen) atoms. The largest absolute Gasteiger partial charge is 0.479 e. The molecule has 6 nitrogen and oxygen atoms in total. The van der Waals surface area contributed by atoms with Gasteiger partial charge in [-0.15, -0.1) is 0 Å². The van der Waals surface area contributed by atoms with Crippen molar-refractivity contribution in [3.63, 3.8) is 0 Å². The van der Waals surface area contributed by atoms with Crippen molar-refractivity contribution >= 4 is 11.9 Å². The van der Waals surface area contributed by atoms with Crippen LogP contribution in [0.15, 0.2) is 0 Å². The Morgan fingerprint density at radius 2 is 2.00 bits per heavy atom. The minimum absolute atomic E-state index is 0.347. The number of hydrogen-bond acceptors (Lipinski definition) is 4. The standard InChI is InChI=1S/C8H12F3NO5/c1-16-5(7(14)15)2-12-6(13)3-17-4-8(9,10)11/h5H,2-4H2,1H3,(H,12,13)(H,14,15). The van der Waals surface area contributed by atoms with E-state index in [9.17, 15) is 22.8 Å². The lowest BCUT2D eigenvalue weighted by molar-refractivity contribution is -0.175. The Morgan fingerprint density at radius 3 is 2.41 bits per heavy atom. The number of rotatable bonds is 7. The molecule has 1 amide bonds. The van der Waals surface area contributed by atoms with Gasteiger partial charge in [0.05, 0.1) is 6.54 Å². The number of carbonyl (C=O) groups excluding carboxylic acids is 1. The molecule has 0 spiro atoms. The summed E-state index contributed by atoms with van der Waals surface area (Å²) in [4.78, 5) is 21.4. The summed E-state index contributed by atoms with van der Waals surface area (Å²) in [5.74, 6) is -2.14. The molecule has 1 atom stereocenters. The molecule has 2 N–H and O–H groups in total. The molecule has 1 unspecified atom stereocenters. The summed E-state index contributed by atoms with van der Waals surface area (Å²) in [5, 5.41) is 10.6. The highest BCUT2D eigenvalue weighted by Gasteiger charge is 2.27. The number of alkyl halides is 3. The fraction of sp³-hybridized carbons (Fsp3) is 0.750. The van der Waals surface area contributed by atoms with Gasteiger partial charge in [0.15, 0.2) is 6.10 Å². The van der Waals surface area contributed by atoms with Gasteiger partial charge in [-0.1, -0.05) is 0 Å². The number of aliphatic carboxylic acids is 1. The molecule has 0 aliphatic rings. The number of carboxylic acid groups (broad SMARTS) is 1. The molecule has 9 heteroatoms. The lowest BCUT2D eigenvalue weighted by atomic mass is 10.3. The van der Waals surface area contributed by atoms with E-state index in [0.717, 1.165) is 7.11 Å². The Hall–Kier alpha value is -1.35. The first-order chi connectivity index (χ1) is 7.76. The van der Waals surface area contributed by atoms with Crippen LogP contribution in [0.5, 0.6) is 0 Å². The molecule has 0 bridgehead atoms. The Bertz CT molecular complexity index is 268. The SMILES string of the molecule is COC(CNC(=O)COCC(F)(F)F)C(=O)O. The second-order valence-corrected chi connectivity index (χ2v) is 2.97. The lowest BCUT2D eigenvalue weighted by Gasteiger charge is -2.12. The van der Waals surface area contributed by atoms with Crippen LogP contribution < -0.4 is 5.32 Å². The molecule has 0 aromatic rings. The van der Waals surface area contributed by atoms with Crippen molar-refractivity contribution in [3.05, 3.63) is 0 Å². The number of ether oxygens (including phenoxy) is 2. The summed E-state index contributed by atoms with van der Waals surface area (Å²) in [6, 6.07) is 0. The van der Waals surface area contributed by atoms with Gasteiger partial charge in [0, 0.05) is 7.11 Å². The highest BCUT2D eigenvalue weighted by atomic mass is 19.4. The zero-order valence-electron chi connectivity index (χ0n) is 8.91. The van der Waals surface area contributed by atoms with Gasteiger partial charge in [-0.2, -0.15) is 13.2 Å². The zero-order chi connectivity index (χ0) is 13.5. The molecular weight excluding hydrogens is 247 g/mol. The van der Waals surface area contributed by atoms with Gasteiger partial charge in [-0.05, 0) is 0 Å². The van der Waals surface area contributed by atoms with Gasteiger partial charge in [0.25, 0.3) is 0 Å². The number of methoxy groups -OCH3 is 1. The smallest absolute Gasteiger partial charge is 0.411 e. The summed E-state index contributed by atoms with van der Waals surface area (Å²) < 4.78 is 43.4. The van der Waals surface area contributed by atoms with Crippen LogP contribution >= 0.6 is 0 Å². The molecule has 0 heterocycles. The first-order valence-corrected chi connectivity index (χ1v) is 4.43. The van der Waals surface area contributed by atoms with E-state index in [1.807, 2.05) is 0 Å². The van der Waals surface area contributed by atoms with Crippen molar-refractivity contribution in [1.29, 1.82) is 0 Å². The van der Waals surface area contributed by atoms with Crippen LogP contribution in [0.4, 0.5) is 13.2 Å². The van der Waals surface area contributed by atoms with Crippen LogP contribution in [0.3, 0.4) is 0 Å². The van der Waals surface area contributed by atoms with Crippen molar-refractivity contribution in [2.45, 2.75) is 12.3 Å². The predicted octanol–water partition coefficient (Wildman–Crippen LogP) is -0.219. The van der Waals surface area contributed by atoms with Gasteiger partial charge in [-0.25, -0.2) is 4.79 Å². The van der Waals surface area contributed by atoms with Crippen LogP contribution in [-0.4, -0.2) is 56.1 Å². The van der Waals surface area contributed by atoms with Crippen LogP contribution in [0, 0.1) is 0 Å². The summed E-state index contributed by atoms with van der Waals surface area (Å²) in [6.45, 7) is -2.68. The molecule has 0 saturated heterocycles. The van der Waals surface area contributed by atoms with Gasteiger partial charge in [0.1, 0.15) is 13.2 Å². The van der Waals surface area contributed by atoms with E-state index in [-0.39, 0.29) is 6.54 Å². The summed E-state index contributed by atoms with van der Waals surface area (Å²) in [5.41, 5.74) is 0. The number of amides is 1. The van der Waals surface area contributed by atoms with E-state index in [1.54, 1.807) is 0 Å². The Balaban J connectivity index is 3.76. The number of nitrogens with one attached hydrogen (secondary N) is 1.